The van der Waals surface area contributed by atoms with Gasteiger partial charge in [-0.15, -0.1) is 6.58 Å². The highest BCUT2D eigenvalue weighted by atomic mass is 32.2. The molecule has 0 fully saturated rings. The Morgan fingerprint density at radius 3 is 2.85 bits per heavy atom. The van der Waals surface area contributed by atoms with E-state index in [-0.39, 0.29) is 24.7 Å². The summed E-state index contributed by atoms with van der Waals surface area (Å²) in [5, 5.41) is 2.54. The fourth-order valence-electron chi connectivity index (χ4n) is 1.42. The quantitative estimate of drug-likeness (QED) is 0.686. The van der Waals surface area contributed by atoms with Gasteiger partial charge >= 0.3 is 0 Å². The van der Waals surface area contributed by atoms with E-state index in [0.717, 1.165) is 0 Å². The zero-order valence-corrected chi connectivity index (χ0v) is 12.1. The highest BCUT2D eigenvalue weighted by molar-refractivity contribution is 7.89. The molecule has 0 spiro atoms. The number of amides is 1. The van der Waals surface area contributed by atoms with E-state index in [4.69, 9.17) is 4.74 Å². The van der Waals surface area contributed by atoms with Crippen molar-refractivity contribution in [2.45, 2.75) is 0 Å². The van der Waals surface area contributed by atoms with Gasteiger partial charge in [0.25, 0.3) is 5.91 Å². The van der Waals surface area contributed by atoms with Crippen molar-refractivity contribution in [3.05, 3.63) is 42.5 Å². The van der Waals surface area contributed by atoms with E-state index in [1.165, 1.54) is 13.2 Å². The molecule has 0 heterocycles. The number of ether oxygens (including phenoxy) is 1. The summed E-state index contributed by atoms with van der Waals surface area (Å²) in [5.74, 6) is 0.0389. The first-order valence-electron chi connectivity index (χ1n) is 5.99. The third kappa shape index (κ3) is 5.41. The third-order valence-electron chi connectivity index (χ3n) is 2.44. The molecule has 2 N–H and O–H groups in total. The maximum absolute atomic E-state index is 11.8. The first kappa shape index (κ1) is 16.2. The fraction of sp³-hybridized carbons (Fsp3) is 0.308. The van der Waals surface area contributed by atoms with Crippen LogP contribution in [0.25, 0.3) is 0 Å². The maximum atomic E-state index is 11.8. The molecule has 0 saturated carbocycles. The average Bonchev–Trinajstić information content (AvgIpc) is 2.45. The van der Waals surface area contributed by atoms with Crippen molar-refractivity contribution in [3.63, 3.8) is 0 Å². The Bertz CT molecular complexity index is 569. The summed E-state index contributed by atoms with van der Waals surface area (Å²) in [7, 11) is -1.89. The first-order valence-corrected chi connectivity index (χ1v) is 7.64. The van der Waals surface area contributed by atoms with Crippen LogP contribution in [0.2, 0.25) is 0 Å². The summed E-state index contributed by atoms with van der Waals surface area (Å²) in [6.07, 6.45) is 1.45. The zero-order valence-electron chi connectivity index (χ0n) is 11.3. The molecule has 1 aromatic rings. The SMILES string of the molecule is C=CCNS(=O)(=O)CCNC(=O)c1cccc(OC)c1. The second-order valence-electron chi connectivity index (χ2n) is 3.94. The molecule has 110 valence electrons. The Hall–Kier alpha value is -1.86. The monoisotopic (exact) mass is 298 g/mol. The molecule has 0 atom stereocenters. The lowest BCUT2D eigenvalue weighted by molar-refractivity contribution is 0.0956. The molecule has 7 heteroatoms. The summed E-state index contributed by atoms with van der Waals surface area (Å²) in [4.78, 5) is 11.8. The highest BCUT2D eigenvalue weighted by Gasteiger charge is 2.11. The molecule has 0 aliphatic rings. The Morgan fingerprint density at radius 1 is 1.45 bits per heavy atom. The van der Waals surface area contributed by atoms with Gasteiger partial charge in [0, 0.05) is 18.7 Å². The van der Waals surface area contributed by atoms with E-state index < -0.39 is 10.0 Å². The van der Waals surface area contributed by atoms with Gasteiger partial charge in [-0.1, -0.05) is 12.1 Å². The maximum Gasteiger partial charge on any atom is 0.251 e. The van der Waals surface area contributed by atoms with Crippen LogP contribution >= 0.6 is 0 Å². The van der Waals surface area contributed by atoms with Gasteiger partial charge in [0.2, 0.25) is 10.0 Å². The van der Waals surface area contributed by atoms with E-state index in [1.807, 2.05) is 0 Å². The van der Waals surface area contributed by atoms with Crippen molar-refractivity contribution in [1.82, 2.24) is 10.0 Å². The summed E-state index contributed by atoms with van der Waals surface area (Å²) >= 11 is 0. The van der Waals surface area contributed by atoms with Crippen LogP contribution in [0.1, 0.15) is 10.4 Å². The fourth-order valence-corrected chi connectivity index (χ4v) is 2.31. The number of methoxy groups -OCH3 is 1. The summed E-state index contributed by atoms with van der Waals surface area (Å²) < 4.78 is 30.3. The van der Waals surface area contributed by atoms with Crippen molar-refractivity contribution in [2.24, 2.45) is 0 Å². The van der Waals surface area contributed by atoms with E-state index in [0.29, 0.717) is 11.3 Å². The lowest BCUT2D eigenvalue weighted by atomic mass is 10.2. The predicted molar refractivity (Wildman–Crippen MR) is 77.3 cm³/mol. The molecule has 6 nitrogen and oxygen atoms in total. The highest BCUT2D eigenvalue weighted by Crippen LogP contribution is 2.12. The van der Waals surface area contributed by atoms with Gasteiger partial charge in [0.1, 0.15) is 5.75 Å². The van der Waals surface area contributed by atoms with E-state index in [9.17, 15) is 13.2 Å². The number of carbonyl (C=O) groups is 1. The van der Waals surface area contributed by atoms with Gasteiger partial charge in [-0.05, 0) is 18.2 Å². The molecule has 0 unspecified atom stereocenters. The van der Waals surface area contributed by atoms with Gasteiger partial charge in [0.05, 0.1) is 12.9 Å². The molecular weight excluding hydrogens is 280 g/mol. The van der Waals surface area contributed by atoms with Gasteiger partial charge < -0.3 is 10.1 Å². The van der Waals surface area contributed by atoms with E-state index in [1.54, 1.807) is 24.3 Å². The molecule has 0 radical (unpaired) electrons. The number of rotatable bonds is 8. The van der Waals surface area contributed by atoms with Crippen LogP contribution in [-0.2, 0) is 10.0 Å². The first-order chi connectivity index (χ1) is 9.48. The summed E-state index contributed by atoms with van der Waals surface area (Å²) in [6.45, 7) is 3.62. The van der Waals surface area contributed by atoms with Crippen LogP contribution in [0.4, 0.5) is 0 Å². The number of sulfonamides is 1. The van der Waals surface area contributed by atoms with Gasteiger partial charge in [-0.2, -0.15) is 0 Å². The molecule has 0 aliphatic heterocycles. The Balaban J connectivity index is 2.49. The van der Waals surface area contributed by atoms with Crippen LogP contribution < -0.4 is 14.8 Å². The van der Waals surface area contributed by atoms with Crippen LogP contribution in [0, 0.1) is 0 Å². The number of hydrogen-bond donors (Lipinski definition) is 2. The minimum atomic E-state index is -3.40. The zero-order chi connectivity index (χ0) is 15.0. The number of benzene rings is 1. The molecule has 1 amide bonds. The summed E-state index contributed by atoms with van der Waals surface area (Å²) in [5.41, 5.74) is 0.417. The molecule has 0 aromatic heterocycles. The lowest BCUT2D eigenvalue weighted by Gasteiger charge is -2.07. The van der Waals surface area contributed by atoms with Gasteiger partial charge in [0.15, 0.2) is 0 Å². The topological polar surface area (TPSA) is 84.5 Å². The van der Waals surface area contributed by atoms with Crippen LogP contribution in [0.15, 0.2) is 36.9 Å². The number of hydrogen-bond acceptors (Lipinski definition) is 4. The summed E-state index contributed by atoms with van der Waals surface area (Å²) in [6, 6.07) is 6.62. The molecule has 1 aromatic carbocycles. The van der Waals surface area contributed by atoms with E-state index >= 15 is 0 Å². The molecule has 0 saturated heterocycles. The van der Waals surface area contributed by atoms with Gasteiger partial charge in [-0.3, -0.25) is 4.79 Å². The Labute approximate surface area is 118 Å². The number of carbonyl (C=O) groups excluding carboxylic acids is 1. The van der Waals surface area contributed by atoms with Crippen LogP contribution in [-0.4, -0.2) is 40.3 Å². The Kier molecular flexibility index (Phi) is 6.20. The van der Waals surface area contributed by atoms with Crippen molar-refractivity contribution < 1.29 is 17.9 Å². The lowest BCUT2D eigenvalue weighted by Crippen LogP contribution is -2.34. The van der Waals surface area contributed by atoms with Crippen molar-refractivity contribution in [1.29, 1.82) is 0 Å². The van der Waals surface area contributed by atoms with Crippen LogP contribution in [0.5, 0.6) is 5.75 Å². The molecular formula is C13H18N2O4S. The van der Waals surface area contributed by atoms with Crippen LogP contribution in [0.3, 0.4) is 0 Å². The molecule has 20 heavy (non-hydrogen) atoms. The minimum Gasteiger partial charge on any atom is -0.497 e. The molecule has 1 rings (SSSR count). The minimum absolute atomic E-state index is 0.0303. The van der Waals surface area contributed by atoms with Crippen molar-refractivity contribution >= 4 is 15.9 Å². The second-order valence-corrected chi connectivity index (χ2v) is 5.87. The second kappa shape index (κ2) is 7.66. The van der Waals surface area contributed by atoms with Gasteiger partial charge in [-0.25, -0.2) is 13.1 Å². The van der Waals surface area contributed by atoms with E-state index in [2.05, 4.69) is 16.6 Å². The average molecular weight is 298 g/mol. The standard InChI is InChI=1S/C13H18N2O4S/c1-3-7-15-20(17,18)9-8-14-13(16)11-5-4-6-12(10-11)19-2/h3-6,10,15H,1,7-9H2,2H3,(H,14,16). The Morgan fingerprint density at radius 2 is 2.20 bits per heavy atom. The predicted octanol–water partition coefficient (Wildman–Crippen LogP) is 0.530. The van der Waals surface area contributed by atoms with Crippen molar-refractivity contribution in [2.75, 3.05) is 26.0 Å². The molecule has 0 bridgehead atoms. The third-order valence-corrected chi connectivity index (χ3v) is 3.78. The number of nitrogens with one attached hydrogen (secondary N) is 2. The normalized spacial score (nSPS) is 10.8. The largest absolute Gasteiger partial charge is 0.497 e. The van der Waals surface area contributed by atoms with Crippen molar-refractivity contribution in [3.8, 4) is 5.75 Å². The smallest absolute Gasteiger partial charge is 0.251 e. The molecule has 0 aliphatic carbocycles.